The molecule has 88 valence electrons. The second-order valence-corrected chi connectivity index (χ2v) is 4.01. The molecule has 0 saturated heterocycles. The normalized spacial score (nSPS) is 14.2. The molecule has 0 aromatic heterocycles. The minimum atomic E-state index is -0.879. The Hall–Kier alpha value is -1.55. The Morgan fingerprint density at radius 2 is 1.81 bits per heavy atom. The van der Waals surface area contributed by atoms with Crippen LogP contribution in [0.3, 0.4) is 0 Å². The van der Waals surface area contributed by atoms with Crippen LogP contribution in [0.5, 0.6) is 0 Å². The summed E-state index contributed by atoms with van der Waals surface area (Å²) < 4.78 is 4.73. The van der Waals surface area contributed by atoms with E-state index < -0.39 is 18.3 Å². The van der Waals surface area contributed by atoms with Crippen LogP contribution in [0.2, 0.25) is 0 Å². The highest BCUT2D eigenvalue weighted by atomic mass is 16.6. The van der Waals surface area contributed by atoms with Gasteiger partial charge in [-0.1, -0.05) is 29.3 Å². The van der Waals surface area contributed by atoms with E-state index in [4.69, 9.17) is 10.5 Å². The first-order chi connectivity index (χ1) is 7.40. The number of rotatable bonds is 3. The first-order valence-corrected chi connectivity index (χ1v) is 5.12. The van der Waals surface area contributed by atoms with Gasteiger partial charge in [-0.05, 0) is 26.3 Å². The molecule has 0 aliphatic rings. The zero-order valence-corrected chi connectivity index (χ0v) is 9.73. The zero-order chi connectivity index (χ0) is 12.3. The topological polar surface area (TPSA) is 72.6 Å². The number of hydrogen-bond donors (Lipinski definition) is 2. The Balaban J connectivity index is 2.86. The maximum atomic E-state index is 10.6. The molecule has 3 N–H and O–H groups in total. The SMILES string of the molecule is Cc1cc(C)cc([C@H](O)[C@H](C)OC(N)=O)c1. The fraction of sp³-hybridized carbons (Fsp3) is 0.417. The first-order valence-electron chi connectivity index (χ1n) is 5.12. The van der Waals surface area contributed by atoms with E-state index in [1.807, 2.05) is 32.0 Å². The molecule has 4 heteroatoms. The fourth-order valence-electron chi connectivity index (χ4n) is 1.70. The predicted octanol–water partition coefficient (Wildman–Crippen LogP) is 1.82. The molecule has 0 saturated carbocycles. The summed E-state index contributed by atoms with van der Waals surface area (Å²) in [5.41, 5.74) is 7.74. The second kappa shape index (κ2) is 4.99. The van der Waals surface area contributed by atoms with Crippen molar-refractivity contribution >= 4 is 6.09 Å². The maximum Gasteiger partial charge on any atom is 0.404 e. The summed E-state index contributed by atoms with van der Waals surface area (Å²) in [5.74, 6) is 0. The molecule has 0 bridgehead atoms. The number of carbonyl (C=O) groups excluding carboxylic acids is 1. The quantitative estimate of drug-likeness (QED) is 0.821. The lowest BCUT2D eigenvalue weighted by molar-refractivity contribution is 0.0157. The Morgan fingerprint density at radius 1 is 1.31 bits per heavy atom. The number of aliphatic hydroxyl groups excluding tert-OH is 1. The van der Waals surface area contributed by atoms with Gasteiger partial charge in [-0.2, -0.15) is 0 Å². The summed E-state index contributed by atoms with van der Waals surface area (Å²) in [6.07, 6.45) is -2.39. The molecule has 0 aliphatic heterocycles. The van der Waals surface area contributed by atoms with Gasteiger partial charge < -0.3 is 15.6 Å². The van der Waals surface area contributed by atoms with Crippen molar-refractivity contribution in [2.45, 2.75) is 33.0 Å². The lowest BCUT2D eigenvalue weighted by atomic mass is 10.0. The summed E-state index contributed by atoms with van der Waals surface area (Å²) in [7, 11) is 0. The summed E-state index contributed by atoms with van der Waals surface area (Å²) in [6.45, 7) is 5.50. The van der Waals surface area contributed by atoms with Gasteiger partial charge in [-0.25, -0.2) is 4.79 Å². The molecule has 2 atom stereocenters. The van der Waals surface area contributed by atoms with Crippen molar-refractivity contribution in [2.24, 2.45) is 5.73 Å². The van der Waals surface area contributed by atoms with Crippen LogP contribution in [0.15, 0.2) is 18.2 Å². The van der Waals surface area contributed by atoms with E-state index in [1.165, 1.54) is 0 Å². The van der Waals surface area contributed by atoms with Gasteiger partial charge in [0.2, 0.25) is 0 Å². The highest BCUT2D eigenvalue weighted by Gasteiger charge is 2.19. The average molecular weight is 223 g/mol. The molecular formula is C12H17NO3. The Bertz CT molecular complexity index is 370. The lowest BCUT2D eigenvalue weighted by Gasteiger charge is -2.19. The van der Waals surface area contributed by atoms with Gasteiger partial charge in [0.25, 0.3) is 0 Å². The lowest BCUT2D eigenvalue weighted by Crippen LogP contribution is -2.25. The van der Waals surface area contributed by atoms with Crippen LogP contribution < -0.4 is 5.73 Å². The predicted molar refractivity (Wildman–Crippen MR) is 61.0 cm³/mol. The fourth-order valence-corrected chi connectivity index (χ4v) is 1.70. The van der Waals surface area contributed by atoms with E-state index in [-0.39, 0.29) is 0 Å². The van der Waals surface area contributed by atoms with E-state index in [0.717, 1.165) is 16.7 Å². The minimum absolute atomic E-state index is 0.654. The number of primary amides is 1. The van der Waals surface area contributed by atoms with Crippen LogP contribution in [0.1, 0.15) is 29.7 Å². The number of benzene rings is 1. The van der Waals surface area contributed by atoms with Crippen LogP contribution in [-0.2, 0) is 4.74 Å². The van der Waals surface area contributed by atoms with E-state index in [2.05, 4.69) is 0 Å². The highest BCUT2D eigenvalue weighted by Crippen LogP contribution is 2.21. The van der Waals surface area contributed by atoms with Crippen molar-refractivity contribution in [3.63, 3.8) is 0 Å². The molecule has 4 nitrogen and oxygen atoms in total. The molecular weight excluding hydrogens is 206 g/mol. The van der Waals surface area contributed by atoms with E-state index in [0.29, 0.717) is 0 Å². The van der Waals surface area contributed by atoms with Crippen LogP contribution in [0, 0.1) is 13.8 Å². The molecule has 0 fully saturated rings. The van der Waals surface area contributed by atoms with Gasteiger partial charge >= 0.3 is 6.09 Å². The first kappa shape index (κ1) is 12.5. The molecule has 0 unspecified atom stereocenters. The van der Waals surface area contributed by atoms with Gasteiger partial charge in [0.15, 0.2) is 0 Å². The third-order valence-electron chi connectivity index (χ3n) is 2.33. The third-order valence-corrected chi connectivity index (χ3v) is 2.33. The van der Waals surface area contributed by atoms with Gasteiger partial charge in [-0.15, -0.1) is 0 Å². The van der Waals surface area contributed by atoms with Crippen LogP contribution in [-0.4, -0.2) is 17.3 Å². The molecule has 1 aromatic carbocycles. The largest absolute Gasteiger partial charge is 0.444 e. The highest BCUT2D eigenvalue weighted by molar-refractivity contribution is 5.64. The number of amides is 1. The number of hydrogen-bond acceptors (Lipinski definition) is 3. The molecule has 0 heterocycles. The van der Waals surface area contributed by atoms with Crippen LogP contribution in [0.4, 0.5) is 4.79 Å². The van der Waals surface area contributed by atoms with Gasteiger partial charge in [-0.3, -0.25) is 0 Å². The Labute approximate surface area is 95.0 Å². The van der Waals surface area contributed by atoms with E-state index in [9.17, 15) is 9.90 Å². The molecule has 1 amide bonds. The number of aliphatic hydroxyl groups is 1. The molecule has 0 radical (unpaired) electrons. The number of carbonyl (C=O) groups is 1. The molecule has 1 aromatic rings. The van der Waals surface area contributed by atoms with E-state index in [1.54, 1.807) is 6.92 Å². The van der Waals surface area contributed by atoms with Crippen LogP contribution in [0.25, 0.3) is 0 Å². The van der Waals surface area contributed by atoms with Crippen LogP contribution >= 0.6 is 0 Å². The standard InChI is InChI=1S/C12H17NO3/c1-7-4-8(2)6-10(5-7)11(14)9(3)16-12(13)15/h4-6,9,11,14H,1-3H3,(H2,13,15)/t9-,11+/m0/s1. The Kier molecular flexibility index (Phi) is 3.90. The summed E-state index contributed by atoms with van der Waals surface area (Å²) >= 11 is 0. The van der Waals surface area contributed by atoms with Crippen molar-refractivity contribution in [2.75, 3.05) is 0 Å². The van der Waals surface area contributed by atoms with Crippen molar-refractivity contribution < 1.29 is 14.6 Å². The summed E-state index contributed by atoms with van der Waals surface area (Å²) in [5, 5.41) is 9.95. The smallest absolute Gasteiger partial charge is 0.404 e. The van der Waals surface area contributed by atoms with Crippen molar-refractivity contribution in [1.82, 2.24) is 0 Å². The minimum Gasteiger partial charge on any atom is -0.444 e. The average Bonchev–Trinajstić information content (AvgIpc) is 2.13. The summed E-state index contributed by atoms with van der Waals surface area (Å²) in [4.78, 5) is 10.6. The van der Waals surface area contributed by atoms with Crippen molar-refractivity contribution in [1.29, 1.82) is 0 Å². The van der Waals surface area contributed by atoms with Gasteiger partial charge in [0, 0.05) is 0 Å². The number of ether oxygens (including phenoxy) is 1. The Morgan fingerprint density at radius 3 is 2.25 bits per heavy atom. The van der Waals surface area contributed by atoms with Crippen molar-refractivity contribution in [3.05, 3.63) is 34.9 Å². The van der Waals surface area contributed by atoms with Gasteiger partial charge in [0.1, 0.15) is 12.2 Å². The van der Waals surface area contributed by atoms with Gasteiger partial charge in [0.05, 0.1) is 0 Å². The molecule has 0 spiro atoms. The monoisotopic (exact) mass is 223 g/mol. The zero-order valence-electron chi connectivity index (χ0n) is 9.73. The number of nitrogens with two attached hydrogens (primary N) is 1. The molecule has 0 aliphatic carbocycles. The maximum absolute atomic E-state index is 10.6. The van der Waals surface area contributed by atoms with Crippen molar-refractivity contribution in [3.8, 4) is 0 Å². The second-order valence-electron chi connectivity index (χ2n) is 4.01. The summed E-state index contributed by atoms with van der Waals surface area (Å²) in [6, 6.07) is 5.73. The third kappa shape index (κ3) is 3.24. The molecule has 16 heavy (non-hydrogen) atoms. The molecule has 1 rings (SSSR count). The number of aryl methyl sites for hydroxylation is 2. The van der Waals surface area contributed by atoms with E-state index >= 15 is 0 Å².